The van der Waals surface area contributed by atoms with Crippen LogP contribution in [0.25, 0.3) is 21.9 Å². The quantitative estimate of drug-likeness (QED) is 0.727. The lowest BCUT2D eigenvalue weighted by molar-refractivity contribution is 1.24. The zero-order valence-electron chi connectivity index (χ0n) is 9.48. The third-order valence-electron chi connectivity index (χ3n) is 2.56. The normalized spacial score (nSPS) is 10.9. The highest BCUT2D eigenvalue weighted by Crippen LogP contribution is 2.26. The standard InChI is InChI=1S/C11H11N5S/c1-6-9(17-5-13-6)11-14-7-3-4-8(12-2)15-10(7)16-11/h3-5H,1-2H3,(H2,12,14,15,16). The van der Waals surface area contributed by atoms with E-state index in [1.54, 1.807) is 11.3 Å². The first-order valence-corrected chi connectivity index (χ1v) is 6.11. The Morgan fingerprint density at radius 3 is 2.88 bits per heavy atom. The summed E-state index contributed by atoms with van der Waals surface area (Å²) < 4.78 is 0. The van der Waals surface area contributed by atoms with Gasteiger partial charge in [0.15, 0.2) is 11.5 Å². The first kappa shape index (κ1) is 10.2. The third-order valence-corrected chi connectivity index (χ3v) is 3.50. The van der Waals surface area contributed by atoms with Crippen molar-refractivity contribution < 1.29 is 0 Å². The number of thiazole rings is 1. The van der Waals surface area contributed by atoms with Gasteiger partial charge in [-0.05, 0) is 19.1 Å². The van der Waals surface area contributed by atoms with Crippen molar-refractivity contribution in [3.63, 3.8) is 0 Å². The number of anilines is 1. The SMILES string of the molecule is CNc1ccc2[nH]c(-c3scnc3C)nc2n1. The van der Waals surface area contributed by atoms with Gasteiger partial charge in [0.1, 0.15) is 5.82 Å². The molecule has 3 aromatic rings. The predicted molar refractivity (Wildman–Crippen MR) is 69.3 cm³/mol. The van der Waals surface area contributed by atoms with Crippen molar-refractivity contribution in [2.75, 3.05) is 12.4 Å². The number of imidazole rings is 1. The smallest absolute Gasteiger partial charge is 0.180 e. The Hall–Kier alpha value is -1.95. The molecule has 0 fully saturated rings. The highest BCUT2D eigenvalue weighted by atomic mass is 32.1. The molecule has 6 heteroatoms. The molecule has 0 aliphatic rings. The number of nitrogens with one attached hydrogen (secondary N) is 2. The van der Waals surface area contributed by atoms with E-state index in [0.717, 1.165) is 33.4 Å². The van der Waals surface area contributed by atoms with Crippen LogP contribution in [-0.4, -0.2) is 27.0 Å². The van der Waals surface area contributed by atoms with Crippen molar-refractivity contribution in [1.29, 1.82) is 0 Å². The molecule has 0 bridgehead atoms. The first-order valence-electron chi connectivity index (χ1n) is 5.23. The molecular weight excluding hydrogens is 234 g/mol. The van der Waals surface area contributed by atoms with Crippen molar-refractivity contribution in [1.82, 2.24) is 19.9 Å². The van der Waals surface area contributed by atoms with Crippen LogP contribution in [0.1, 0.15) is 5.69 Å². The van der Waals surface area contributed by atoms with E-state index in [1.807, 2.05) is 31.6 Å². The molecule has 0 aromatic carbocycles. The lowest BCUT2D eigenvalue weighted by Gasteiger charge is -1.95. The van der Waals surface area contributed by atoms with Crippen LogP contribution in [0, 0.1) is 6.92 Å². The van der Waals surface area contributed by atoms with Crippen molar-refractivity contribution in [2.24, 2.45) is 0 Å². The fraction of sp³-hybridized carbons (Fsp3) is 0.182. The number of aromatic amines is 1. The number of rotatable bonds is 2. The summed E-state index contributed by atoms with van der Waals surface area (Å²) in [6.45, 7) is 1.98. The molecule has 2 N–H and O–H groups in total. The summed E-state index contributed by atoms with van der Waals surface area (Å²) in [5, 5.41) is 3.00. The second kappa shape index (κ2) is 3.81. The topological polar surface area (TPSA) is 66.5 Å². The molecule has 0 atom stereocenters. The highest BCUT2D eigenvalue weighted by molar-refractivity contribution is 7.13. The number of hydrogen-bond acceptors (Lipinski definition) is 5. The molecule has 17 heavy (non-hydrogen) atoms. The zero-order chi connectivity index (χ0) is 11.8. The minimum absolute atomic E-state index is 0.722. The average Bonchev–Trinajstić information content (AvgIpc) is 2.93. The van der Waals surface area contributed by atoms with Crippen LogP contribution < -0.4 is 5.32 Å². The minimum atomic E-state index is 0.722. The molecule has 0 saturated heterocycles. The fourth-order valence-corrected chi connectivity index (χ4v) is 2.42. The van der Waals surface area contributed by atoms with Gasteiger partial charge in [-0.1, -0.05) is 0 Å². The molecule has 5 nitrogen and oxygen atoms in total. The Morgan fingerprint density at radius 1 is 1.29 bits per heavy atom. The number of aryl methyl sites for hydroxylation is 1. The van der Waals surface area contributed by atoms with Crippen molar-refractivity contribution >= 4 is 28.3 Å². The first-order chi connectivity index (χ1) is 8.28. The van der Waals surface area contributed by atoms with Gasteiger partial charge in [0, 0.05) is 7.05 Å². The van der Waals surface area contributed by atoms with Crippen LogP contribution in [0.5, 0.6) is 0 Å². The van der Waals surface area contributed by atoms with Crippen LogP contribution in [0.15, 0.2) is 17.6 Å². The zero-order valence-corrected chi connectivity index (χ0v) is 10.3. The minimum Gasteiger partial charge on any atom is -0.373 e. The number of H-pyrrole nitrogens is 1. The second-order valence-corrected chi connectivity index (χ2v) is 4.52. The van der Waals surface area contributed by atoms with E-state index in [0.29, 0.717) is 0 Å². The molecule has 3 rings (SSSR count). The van der Waals surface area contributed by atoms with Crippen molar-refractivity contribution in [3.05, 3.63) is 23.3 Å². The maximum Gasteiger partial charge on any atom is 0.180 e. The molecule has 3 heterocycles. The van der Waals surface area contributed by atoms with Crippen LogP contribution in [0.4, 0.5) is 5.82 Å². The number of nitrogens with zero attached hydrogens (tertiary/aromatic N) is 3. The highest BCUT2D eigenvalue weighted by Gasteiger charge is 2.10. The predicted octanol–water partition coefficient (Wildman–Crippen LogP) is 2.43. The Kier molecular flexibility index (Phi) is 2.29. The number of pyridine rings is 1. The number of hydrogen-bond donors (Lipinski definition) is 2. The molecule has 0 radical (unpaired) electrons. The van der Waals surface area contributed by atoms with E-state index < -0.39 is 0 Å². The van der Waals surface area contributed by atoms with Crippen LogP contribution in [0.3, 0.4) is 0 Å². The van der Waals surface area contributed by atoms with Gasteiger partial charge < -0.3 is 10.3 Å². The number of aromatic nitrogens is 4. The molecular formula is C11H11N5S. The Morgan fingerprint density at radius 2 is 2.18 bits per heavy atom. The van der Waals surface area contributed by atoms with Crippen LogP contribution >= 0.6 is 11.3 Å². The maximum atomic E-state index is 4.49. The molecule has 86 valence electrons. The summed E-state index contributed by atoms with van der Waals surface area (Å²) in [4.78, 5) is 17.4. The molecule has 0 unspecified atom stereocenters. The molecule has 0 spiro atoms. The lowest BCUT2D eigenvalue weighted by Crippen LogP contribution is -1.91. The Bertz CT molecular complexity index is 669. The van der Waals surface area contributed by atoms with Gasteiger partial charge in [0.2, 0.25) is 0 Å². The van der Waals surface area contributed by atoms with Gasteiger partial charge >= 0.3 is 0 Å². The van der Waals surface area contributed by atoms with Crippen molar-refractivity contribution in [2.45, 2.75) is 6.92 Å². The summed E-state index contributed by atoms with van der Waals surface area (Å²) >= 11 is 1.58. The molecule has 3 aromatic heterocycles. The van der Waals surface area contributed by atoms with E-state index in [2.05, 4.69) is 25.3 Å². The largest absolute Gasteiger partial charge is 0.373 e. The van der Waals surface area contributed by atoms with E-state index in [-0.39, 0.29) is 0 Å². The average molecular weight is 245 g/mol. The van der Waals surface area contributed by atoms with Gasteiger partial charge in [-0.2, -0.15) is 0 Å². The summed E-state index contributed by atoms with van der Waals surface area (Å²) in [5.41, 5.74) is 4.47. The molecule has 0 aliphatic heterocycles. The maximum absolute atomic E-state index is 4.49. The van der Waals surface area contributed by atoms with Gasteiger partial charge in [0.05, 0.1) is 21.6 Å². The van der Waals surface area contributed by atoms with Gasteiger partial charge in [-0.25, -0.2) is 15.0 Å². The summed E-state index contributed by atoms with van der Waals surface area (Å²) in [5.74, 6) is 1.65. The van der Waals surface area contributed by atoms with Gasteiger partial charge in [-0.3, -0.25) is 0 Å². The van der Waals surface area contributed by atoms with E-state index >= 15 is 0 Å². The monoisotopic (exact) mass is 245 g/mol. The van der Waals surface area contributed by atoms with E-state index in [1.165, 1.54) is 0 Å². The van der Waals surface area contributed by atoms with Crippen LogP contribution in [0.2, 0.25) is 0 Å². The molecule has 0 aliphatic carbocycles. The Labute approximate surface area is 102 Å². The van der Waals surface area contributed by atoms with Crippen molar-refractivity contribution in [3.8, 4) is 10.7 Å². The Balaban J connectivity index is 2.17. The summed E-state index contributed by atoms with van der Waals surface area (Å²) in [6.07, 6.45) is 0. The van der Waals surface area contributed by atoms with E-state index in [9.17, 15) is 0 Å². The second-order valence-electron chi connectivity index (χ2n) is 3.67. The van der Waals surface area contributed by atoms with Crippen LogP contribution in [-0.2, 0) is 0 Å². The number of fused-ring (bicyclic) bond motifs is 1. The molecule has 0 amide bonds. The third kappa shape index (κ3) is 1.66. The summed E-state index contributed by atoms with van der Waals surface area (Å²) in [6, 6.07) is 3.89. The van der Waals surface area contributed by atoms with E-state index in [4.69, 9.17) is 0 Å². The van der Waals surface area contributed by atoms with Gasteiger partial charge in [0.25, 0.3) is 0 Å². The fourth-order valence-electron chi connectivity index (χ4n) is 1.67. The van der Waals surface area contributed by atoms with Gasteiger partial charge in [-0.15, -0.1) is 11.3 Å². The lowest BCUT2D eigenvalue weighted by atomic mass is 10.4. The molecule has 0 saturated carbocycles. The summed E-state index contributed by atoms with van der Waals surface area (Å²) in [7, 11) is 1.84.